The van der Waals surface area contributed by atoms with E-state index >= 15 is 0 Å². The van der Waals surface area contributed by atoms with E-state index in [1.54, 1.807) is 66.7 Å². The predicted octanol–water partition coefficient (Wildman–Crippen LogP) is 6.03. The lowest BCUT2D eigenvalue weighted by Crippen LogP contribution is -2.54. The Labute approximate surface area is 218 Å². The molecule has 1 N–H and O–H groups in total. The van der Waals surface area contributed by atoms with Crippen LogP contribution in [-0.2, 0) is 16.2 Å². The van der Waals surface area contributed by atoms with E-state index in [2.05, 4.69) is 5.32 Å². The number of hydrogen-bond donors (Lipinski definition) is 1. The van der Waals surface area contributed by atoms with Crippen LogP contribution in [0.4, 0.5) is 10.5 Å². The molecule has 1 heterocycles. The molecular weight excluding hydrogens is 503 g/mol. The number of imide groups is 2. The van der Waals surface area contributed by atoms with Gasteiger partial charge in [0.15, 0.2) is 0 Å². The van der Waals surface area contributed by atoms with Gasteiger partial charge in [-0.2, -0.15) is 0 Å². The molecule has 36 heavy (non-hydrogen) atoms. The quantitative estimate of drug-likeness (QED) is 0.301. The Morgan fingerprint density at radius 1 is 0.972 bits per heavy atom. The molecule has 0 radical (unpaired) electrons. The van der Waals surface area contributed by atoms with Crippen molar-refractivity contribution >= 4 is 52.8 Å². The summed E-state index contributed by atoms with van der Waals surface area (Å²) in [5.74, 6) is -0.502. The van der Waals surface area contributed by atoms with Gasteiger partial charge in [-0.05, 0) is 62.4 Å². The number of benzene rings is 3. The number of hydrogen-bond acceptors (Lipinski definition) is 5. The molecular formula is C27H22Cl2N2O5. The van der Waals surface area contributed by atoms with E-state index in [1.807, 2.05) is 13.8 Å². The van der Waals surface area contributed by atoms with E-state index in [1.165, 1.54) is 6.08 Å². The number of nitrogens with one attached hydrogen (secondary N) is 1. The van der Waals surface area contributed by atoms with E-state index in [0.717, 1.165) is 10.5 Å². The summed E-state index contributed by atoms with van der Waals surface area (Å²) in [5.41, 5.74) is 1.39. The van der Waals surface area contributed by atoms with Gasteiger partial charge in [0.05, 0.1) is 11.8 Å². The highest BCUT2D eigenvalue weighted by molar-refractivity contribution is 6.39. The van der Waals surface area contributed by atoms with E-state index in [9.17, 15) is 14.4 Å². The molecule has 0 aliphatic carbocycles. The van der Waals surface area contributed by atoms with Crippen molar-refractivity contribution in [1.29, 1.82) is 0 Å². The van der Waals surface area contributed by atoms with E-state index in [4.69, 9.17) is 32.7 Å². The van der Waals surface area contributed by atoms with Crippen LogP contribution in [0.1, 0.15) is 25.0 Å². The number of ether oxygens (including phenoxy) is 2. The molecule has 1 saturated heterocycles. The number of urea groups is 1. The van der Waals surface area contributed by atoms with Gasteiger partial charge >= 0.3 is 6.03 Å². The maximum Gasteiger partial charge on any atom is 0.335 e. The topological polar surface area (TPSA) is 84.9 Å². The highest BCUT2D eigenvalue weighted by atomic mass is 35.5. The molecule has 0 atom stereocenters. The number of halogens is 2. The Morgan fingerprint density at radius 3 is 2.39 bits per heavy atom. The van der Waals surface area contributed by atoms with Crippen LogP contribution >= 0.6 is 23.2 Å². The van der Waals surface area contributed by atoms with Crippen LogP contribution in [0.15, 0.2) is 72.3 Å². The summed E-state index contributed by atoms with van der Waals surface area (Å²) < 4.78 is 11.5. The van der Waals surface area contributed by atoms with Gasteiger partial charge in [-0.1, -0.05) is 47.5 Å². The van der Waals surface area contributed by atoms with E-state index < -0.39 is 17.8 Å². The van der Waals surface area contributed by atoms with Crippen molar-refractivity contribution < 1.29 is 23.9 Å². The van der Waals surface area contributed by atoms with Crippen LogP contribution in [0.25, 0.3) is 6.08 Å². The van der Waals surface area contributed by atoms with Crippen LogP contribution < -0.4 is 19.7 Å². The highest BCUT2D eigenvalue weighted by Crippen LogP contribution is 2.28. The van der Waals surface area contributed by atoms with Gasteiger partial charge in [-0.25, -0.2) is 9.69 Å². The van der Waals surface area contributed by atoms with Crippen LogP contribution in [-0.4, -0.2) is 23.9 Å². The SMILES string of the molecule is CC(C)Oc1ccccc1/C=C1\C(=O)NC(=O)N(c2ccc(OCc3ccc(Cl)cc3Cl)cc2)C1=O. The molecule has 1 aliphatic heterocycles. The van der Waals surface area contributed by atoms with Crippen molar-refractivity contribution in [2.75, 3.05) is 4.90 Å². The number of carbonyl (C=O) groups is 3. The van der Waals surface area contributed by atoms with Crippen molar-refractivity contribution in [2.24, 2.45) is 0 Å². The third-order valence-electron chi connectivity index (χ3n) is 5.19. The monoisotopic (exact) mass is 524 g/mol. The number of barbiturate groups is 1. The molecule has 3 aromatic carbocycles. The smallest absolute Gasteiger partial charge is 0.335 e. The molecule has 0 aromatic heterocycles. The first-order chi connectivity index (χ1) is 17.2. The molecule has 9 heteroatoms. The summed E-state index contributed by atoms with van der Waals surface area (Å²) >= 11 is 12.1. The largest absolute Gasteiger partial charge is 0.490 e. The van der Waals surface area contributed by atoms with Crippen molar-refractivity contribution in [3.63, 3.8) is 0 Å². The van der Waals surface area contributed by atoms with Gasteiger partial charge in [-0.15, -0.1) is 0 Å². The average Bonchev–Trinajstić information content (AvgIpc) is 2.82. The lowest BCUT2D eigenvalue weighted by molar-refractivity contribution is -0.122. The van der Waals surface area contributed by atoms with Gasteiger partial charge < -0.3 is 9.47 Å². The van der Waals surface area contributed by atoms with Crippen molar-refractivity contribution in [3.05, 3.63) is 93.5 Å². The van der Waals surface area contributed by atoms with E-state index in [0.29, 0.717) is 27.1 Å². The maximum atomic E-state index is 13.2. The zero-order chi connectivity index (χ0) is 25.8. The van der Waals surface area contributed by atoms with Crippen molar-refractivity contribution in [3.8, 4) is 11.5 Å². The lowest BCUT2D eigenvalue weighted by atomic mass is 10.1. The average molecular weight is 525 g/mol. The van der Waals surface area contributed by atoms with Gasteiger partial charge in [0.1, 0.15) is 23.7 Å². The van der Waals surface area contributed by atoms with Crippen LogP contribution in [0.3, 0.4) is 0 Å². The summed E-state index contributed by atoms with van der Waals surface area (Å²) in [6, 6.07) is 17.7. The van der Waals surface area contributed by atoms with Crippen LogP contribution in [0.5, 0.6) is 11.5 Å². The zero-order valence-electron chi connectivity index (χ0n) is 19.5. The van der Waals surface area contributed by atoms with Gasteiger partial charge in [-0.3, -0.25) is 14.9 Å². The number of nitrogens with zero attached hydrogens (tertiary/aromatic N) is 1. The van der Waals surface area contributed by atoms with E-state index in [-0.39, 0.29) is 24.0 Å². The van der Waals surface area contributed by atoms with Gasteiger partial charge in [0.2, 0.25) is 0 Å². The standard InChI is InChI=1S/C27H22Cl2N2O5/c1-16(2)36-24-6-4-3-5-17(24)13-22-25(32)30-27(34)31(26(22)33)20-9-11-21(12-10-20)35-15-18-7-8-19(28)14-23(18)29/h3-14,16H,15H2,1-2H3,(H,30,32,34)/b22-13+. The third-order valence-corrected chi connectivity index (χ3v) is 5.77. The molecule has 0 spiro atoms. The van der Waals surface area contributed by atoms with Crippen molar-refractivity contribution in [2.45, 2.75) is 26.6 Å². The van der Waals surface area contributed by atoms with Gasteiger partial charge in [0, 0.05) is 21.2 Å². The summed E-state index contributed by atoms with van der Waals surface area (Å²) in [5, 5.41) is 3.24. The molecule has 1 fully saturated rings. The number of rotatable bonds is 7. The van der Waals surface area contributed by atoms with Crippen molar-refractivity contribution in [1.82, 2.24) is 5.32 Å². The fraction of sp³-hybridized carbons (Fsp3) is 0.148. The molecule has 3 aromatic rings. The number of para-hydroxylation sites is 1. The Hall–Kier alpha value is -3.81. The summed E-state index contributed by atoms with van der Waals surface area (Å²) in [6.45, 7) is 3.96. The Morgan fingerprint density at radius 2 is 1.69 bits per heavy atom. The Kier molecular flexibility index (Phi) is 7.62. The second-order valence-corrected chi connectivity index (χ2v) is 9.02. The minimum Gasteiger partial charge on any atom is -0.490 e. The molecule has 0 bridgehead atoms. The fourth-order valence-corrected chi connectivity index (χ4v) is 3.96. The van der Waals surface area contributed by atoms with Crippen LogP contribution in [0.2, 0.25) is 10.0 Å². The first kappa shape index (κ1) is 25.3. The molecule has 0 saturated carbocycles. The maximum absolute atomic E-state index is 13.2. The number of carbonyl (C=O) groups excluding carboxylic acids is 3. The minimum absolute atomic E-state index is 0.102. The molecule has 1 aliphatic rings. The first-order valence-corrected chi connectivity index (χ1v) is 11.8. The summed E-state index contributed by atoms with van der Waals surface area (Å²) in [6.07, 6.45) is 1.32. The van der Waals surface area contributed by atoms with Gasteiger partial charge in [0.25, 0.3) is 11.8 Å². The summed E-state index contributed by atoms with van der Waals surface area (Å²) in [4.78, 5) is 39.2. The molecule has 4 amide bonds. The predicted molar refractivity (Wildman–Crippen MR) is 138 cm³/mol. The molecule has 184 valence electrons. The molecule has 4 rings (SSSR count). The first-order valence-electron chi connectivity index (χ1n) is 11.1. The Bertz CT molecular complexity index is 1350. The summed E-state index contributed by atoms with van der Waals surface area (Å²) in [7, 11) is 0. The van der Waals surface area contributed by atoms with Crippen LogP contribution in [0, 0.1) is 0 Å². The number of amides is 4. The highest BCUT2D eigenvalue weighted by Gasteiger charge is 2.37. The fourth-order valence-electron chi connectivity index (χ4n) is 3.50. The second kappa shape index (κ2) is 10.8. The zero-order valence-corrected chi connectivity index (χ0v) is 21.0. The molecule has 0 unspecified atom stereocenters. The number of anilines is 1. The Balaban J connectivity index is 1.55. The third kappa shape index (κ3) is 5.70. The lowest BCUT2D eigenvalue weighted by Gasteiger charge is -2.26. The second-order valence-electron chi connectivity index (χ2n) is 8.18. The minimum atomic E-state index is -0.838. The normalized spacial score (nSPS) is 14.9. The molecule has 7 nitrogen and oxygen atoms in total.